The molecule has 14 nitrogen and oxygen atoms in total. The smallest absolute Gasteiger partial charge is 0.296 e. The molecule has 0 bridgehead atoms. The maximum absolute atomic E-state index is 13.1. The minimum Gasteiger partial charge on any atom is -0.501 e. The van der Waals surface area contributed by atoms with Gasteiger partial charge in [0.15, 0.2) is 11.4 Å². The molecule has 0 atom stereocenters. The Morgan fingerprint density at radius 2 is 1.14 bits per heavy atom. The van der Waals surface area contributed by atoms with E-state index in [2.05, 4.69) is 30.4 Å². The second kappa shape index (κ2) is 15.1. The Balaban J connectivity index is 0.000000183. The largest absolute Gasteiger partial charge is 0.501 e. The Labute approximate surface area is 287 Å². The van der Waals surface area contributed by atoms with E-state index in [4.69, 9.17) is 13.6 Å². The Morgan fingerprint density at radius 3 is 1.69 bits per heavy atom. The summed E-state index contributed by atoms with van der Waals surface area (Å²) in [5.74, 6) is -0.534. The van der Waals surface area contributed by atoms with Gasteiger partial charge in [0.05, 0.1) is 25.5 Å². The lowest BCUT2D eigenvalue weighted by Gasteiger charge is -2.09. The van der Waals surface area contributed by atoms with Gasteiger partial charge in [-0.2, -0.15) is 0 Å². The van der Waals surface area contributed by atoms with Crippen molar-refractivity contribution in [2.75, 3.05) is 0 Å². The molecular weight excluding hydrogens is 666 g/mol. The molecule has 0 spiro atoms. The molecule has 0 aliphatic heterocycles. The van der Waals surface area contributed by atoms with Gasteiger partial charge in [-0.25, -0.2) is 18.7 Å². The normalized spacial score (nSPS) is 10.8. The van der Waals surface area contributed by atoms with Crippen molar-refractivity contribution in [1.29, 1.82) is 0 Å². The third kappa shape index (κ3) is 8.25. The number of aromatic hydroxyl groups is 1. The highest BCUT2D eigenvalue weighted by atomic mass is 19.1. The summed E-state index contributed by atoms with van der Waals surface area (Å²) in [6, 6.07) is 21.4. The van der Waals surface area contributed by atoms with E-state index in [-0.39, 0.29) is 58.6 Å². The summed E-state index contributed by atoms with van der Waals surface area (Å²) in [4.78, 5) is 32.4. The van der Waals surface area contributed by atoms with Gasteiger partial charge >= 0.3 is 0 Å². The van der Waals surface area contributed by atoms with Crippen LogP contribution in [-0.4, -0.2) is 44.6 Å². The average Bonchev–Trinajstić information content (AvgIpc) is 3.80. The third-order valence-corrected chi connectivity index (χ3v) is 7.30. The molecule has 1 N–H and O–H groups in total. The first kappa shape index (κ1) is 34.0. The number of aromatic nitrogens is 8. The minimum atomic E-state index is -0.608. The zero-order valence-corrected chi connectivity index (χ0v) is 27.1. The van der Waals surface area contributed by atoms with Gasteiger partial charge in [0.25, 0.3) is 22.9 Å². The highest BCUT2D eigenvalue weighted by Crippen LogP contribution is 2.25. The molecule has 258 valence electrons. The summed E-state index contributed by atoms with van der Waals surface area (Å²) < 4.78 is 45.2. The zero-order valence-electron chi connectivity index (χ0n) is 27.1. The van der Waals surface area contributed by atoms with Crippen molar-refractivity contribution >= 4 is 0 Å². The van der Waals surface area contributed by atoms with Gasteiger partial charge in [-0.1, -0.05) is 54.6 Å². The lowest BCUT2D eigenvalue weighted by molar-refractivity contribution is 0.298. The molecule has 0 fully saturated rings. The number of aryl methyl sites for hydroxylation is 2. The van der Waals surface area contributed by atoms with E-state index < -0.39 is 11.3 Å². The molecule has 0 amide bonds. The van der Waals surface area contributed by atoms with E-state index in [0.717, 1.165) is 21.3 Å². The Hall–Kier alpha value is -6.84. The Morgan fingerprint density at radius 1 is 0.647 bits per heavy atom. The topological polar surface area (TPSA) is 177 Å². The summed E-state index contributed by atoms with van der Waals surface area (Å²) in [6.45, 7) is 0.200. The Bertz CT molecular complexity index is 2370. The van der Waals surface area contributed by atoms with Gasteiger partial charge in [0, 0.05) is 14.1 Å². The van der Waals surface area contributed by atoms with E-state index >= 15 is 0 Å². The predicted octanol–water partition coefficient (Wildman–Crippen LogP) is 4.41. The van der Waals surface area contributed by atoms with Crippen LogP contribution in [0.15, 0.2) is 110 Å². The SMILES string of the molecule is Cn1cnc(-c2nnc(Cc3ccc(F)cc3)o2)c(O)c1=O.Cn1cnc(-c2nnc(Cc3ccc(F)cc3)o2)c(OCc2ccccc2)c1=O. The van der Waals surface area contributed by atoms with Crippen LogP contribution >= 0.6 is 0 Å². The summed E-state index contributed by atoms with van der Waals surface area (Å²) in [5.41, 5.74) is 1.67. The van der Waals surface area contributed by atoms with Crippen molar-refractivity contribution in [1.82, 2.24) is 39.5 Å². The van der Waals surface area contributed by atoms with Crippen LogP contribution in [0, 0.1) is 11.6 Å². The van der Waals surface area contributed by atoms with E-state index in [9.17, 15) is 23.5 Å². The highest BCUT2D eigenvalue weighted by Gasteiger charge is 2.21. The monoisotopic (exact) mass is 694 g/mol. The van der Waals surface area contributed by atoms with Crippen LogP contribution in [0.3, 0.4) is 0 Å². The molecular formula is C35H28F2N8O6. The van der Waals surface area contributed by atoms with Crippen LogP contribution < -0.4 is 15.9 Å². The van der Waals surface area contributed by atoms with Gasteiger partial charge in [0.1, 0.15) is 18.2 Å². The quantitative estimate of drug-likeness (QED) is 0.226. The zero-order chi connectivity index (χ0) is 35.9. The van der Waals surface area contributed by atoms with Crippen LogP contribution in [0.5, 0.6) is 11.5 Å². The van der Waals surface area contributed by atoms with Crippen molar-refractivity contribution < 1.29 is 27.5 Å². The molecule has 0 radical (unpaired) electrons. The van der Waals surface area contributed by atoms with Crippen molar-refractivity contribution in [3.63, 3.8) is 0 Å². The predicted molar refractivity (Wildman–Crippen MR) is 176 cm³/mol. The molecule has 0 saturated carbocycles. The van der Waals surface area contributed by atoms with Crippen molar-refractivity contribution in [3.8, 4) is 34.7 Å². The van der Waals surface area contributed by atoms with Gasteiger partial charge in [0.2, 0.25) is 23.3 Å². The first-order chi connectivity index (χ1) is 24.6. The molecule has 7 aromatic rings. The first-order valence-electron chi connectivity index (χ1n) is 15.3. The van der Waals surface area contributed by atoms with E-state index in [0.29, 0.717) is 18.7 Å². The molecule has 4 heterocycles. The summed E-state index contributed by atoms with van der Waals surface area (Å²) in [7, 11) is 3.05. The summed E-state index contributed by atoms with van der Waals surface area (Å²) >= 11 is 0. The summed E-state index contributed by atoms with van der Waals surface area (Å²) in [5, 5.41) is 25.4. The van der Waals surface area contributed by atoms with Crippen LogP contribution in [-0.2, 0) is 33.5 Å². The van der Waals surface area contributed by atoms with Crippen LogP contribution in [0.2, 0.25) is 0 Å². The number of rotatable bonds is 9. The standard InChI is InChI=1S/C21H17FN4O3.C14H11FN4O3/c1-26-13-23-18(19(21(26)27)28-12-15-5-3-2-4-6-15)20-25-24-17(29-20)11-14-7-9-16(22)10-8-14;1-19-7-16-11(12(20)14(19)21)13-18-17-10(22-13)6-8-2-4-9(15)5-3-8/h2-10,13H,11-12H2,1H3;2-5,7,20H,6H2,1H3. The second-order valence-corrected chi connectivity index (χ2v) is 11.1. The van der Waals surface area contributed by atoms with E-state index in [1.807, 2.05) is 30.3 Å². The molecule has 51 heavy (non-hydrogen) atoms. The van der Waals surface area contributed by atoms with Crippen LogP contribution in [0.25, 0.3) is 23.2 Å². The van der Waals surface area contributed by atoms with Crippen molar-refractivity contribution in [2.45, 2.75) is 19.4 Å². The number of ether oxygens (including phenoxy) is 1. The van der Waals surface area contributed by atoms with Crippen LogP contribution in [0.4, 0.5) is 8.78 Å². The molecule has 0 aliphatic carbocycles. The lowest BCUT2D eigenvalue weighted by atomic mass is 10.1. The lowest BCUT2D eigenvalue weighted by Crippen LogP contribution is -2.20. The van der Waals surface area contributed by atoms with Gasteiger partial charge in [-0.3, -0.25) is 18.7 Å². The summed E-state index contributed by atoms with van der Waals surface area (Å²) in [6.07, 6.45) is 3.26. The fourth-order valence-electron chi connectivity index (χ4n) is 4.61. The first-order valence-corrected chi connectivity index (χ1v) is 15.3. The number of hydrogen-bond acceptors (Lipinski definition) is 12. The van der Waals surface area contributed by atoms with Gasteiger partial charge in [-0.15, -0.1) is 20.4 Å². The molecule has 0 aliphatic rings. The fraction of sp³-hybridized carbons (Fsp3) is 0.143. The third-order valence-electron chi connectivity index (χ3n) is 7.30. The van der Waals surface area contributed by atoms with Crippen molar-refractivity contribution in [2.24, 2.45) is 14.1 Å². The number of benzene rings is 3. The maximum Gasteiger partial charge on any atom is 0.296 e. The van der Waals surface area contributed by atoms with E-state index in [1.54, 1.807) is 31.3 Å². The van der Waals surface area contributed by atoms with E-state index in [1.165, 1.54) is 48.5 Å². The highest BCUT2D eigenvalue weighted by molar-refractivity contribution is 5.56. The second-order valence-electron chi connectivity index (χ2n) is 11.1. The number of halogens is 2. The Kier molecular flexibility index (Phi) is 10.1. The van der Waals surface area contributed by atoms with Gasteiger partial charge < -0.3 is 18.7 Å². The van der Waals surface area contributed by atoms with Crippen LogP contribution in [0.1, 0.15) is 28.5 Å². The molecule has 0 unspecified atom stereocenters. The maximum atomic E-state index is 13.1. The number of hydrogen-bond donors (Lipinski definition) is 1. The minimum absolute atomic E-state index is 0.0378. The molecule has 16 heteroatoms. The average molecular weight is 695 g/mol. The molecule has 0 saturated heterocycles. The van der Waals surface area contributed by atoms with Gasteiger partial charge in [-0.05, 0) is 41.0 Å². The van der Waals surface area contributed by atoms with Crippen molar-refractivity contribution in [3.05, 3.63) is 152 Å². The molecule has 7 rings (SSSR count). The number of nitrogens with zero attached hydrogens (tertiary/aromatic N) is 8. The molecule has 4 aromatic heterocycles. The molecule has 3 aromatic carbocycles. The fourth-order valence-corrected chi connectivity index (χ4v) is 4.61.